The highest BCUT2D eigenvalue weighted by Crippen LogP contribution is 2.38. The fourth-order valence-corrected chi connectivity index (χ4v) is 4.93. The zero-order chi connectivity index (χ0) is 26.7. The molecular weight excluding hydrogens is 464 g/mol. The van der Waals surface area contributed by atoms with E-state index >= 15 is 0 Å². The van der Waals surface area contributed by atoms with E-state index in [1.807, 2.05) is 6.07 Å². The van der Waals surface area contributed by atoms with Crippen LogP contribution in [0.5, 0.6) is 0 Å². The first-order valence-electron chi connectivity index (χ1n) is 12.3. The minimum Gasteiger partial charge on any atom is -0.481 e. The highest BCUT2D eigenvalue weighted by atomic mass is 16.4. The Hall–Kier alpha value is -3.63. The van der Waals surface area contributed by atoms with Crippen molar-refractivity contribution >= 4 is 29.7 Å². The Morgan fingerprint density at radius 1 is 1.08 bits per heavy atom. The van der Waals surface area contributed by atoms with Gasteiger partial charge in [-0.15, -0.1) is 0 Å². The largest absolute Gasteiger partial charge is 0.481 e. The Kier molecular flexibility index (Phi) is 11.2. The molecule has 1 saturated heterocycles. The number of aliphatic carboxylic acids is 1. The lowest BCUT2D eigenvalue weighted by molar-refractivity contribution is -0.146. The van der Waals surface area contributed by atoms with Crippen molar-refractivity contribution in [1.82, 2.24) is 10.2 Å². The van der Waals surface area contributed by atoms with E-state index < -0.39 is 24.0 Å². The van der Waals surface area contributed by atoms with Gasteiger partial charge in [-0.25, -0.2) is 0 Å². The minimum atomic E-state index is -0.833. The van der Waals surface area contributed by atoms with E-state index in [4.69, 9.17) is 27.1 Å². The molecule has 1 aliphatic heterocycles. The van der Waals surface area contributed by atoms with E-state index in [2.05, 4.69) is 10.3 Å². The number of carboxylic acids is 1. The summed E-state index contributed by atoms with van der Waals surface area (Å²) in [6, 6.07) is 7.30. The van der Waals surface area contributed by atoms with Gasteiger partial charge in [0, 0.05) is 25.6 Å². The summed E-state index contributed by atoms with van der Waals surface area (Å²) in [5.41, 5.74) is 16.9. The molecule has 4 unspecified atom stereocenters. The maximum absolute atomic E-state index is 13.6. The maximum atomic E-state index is 13.6. The molecule has 0 bridgehead atoms. The van der Waals surface area contributed by atoms with Crippen molar-refractivity contribution in [2.75, 3.05) is 13.1 Å². The normalized spacial score (nSPS) is 21.6. The van der Waals surface area contributed by atoms with Crippen LogP contribution in [0.3, 0.4) is 0 Å². The highest BCUT2D eigenvalue weighted by molar-refractivity contribution is 5.98. The number of primary amides is 1. The van der Waals surface area contributed by atoms with Crippen molar-refractivity contribution in [2.45, 2.75) is 64.0 Å². The number of fused-ring (bicyclic) bond motifs is 1. The number of guanidine groups is 1. The number of piperidine rings is 1. The highest BCUT2D eigenvalue weighted by Gasteiger charge is 2.42. The van der Waals surface area contributed by atoms with E-state index in [0.29, 0.717) is 49.8 Å². The summed E-state index contributed by atoms with van der Waals surface area (Å²) in [5.74, 6) is -1.16. The van der Waals surface area contributed by atoms with Gasteiger partial charge in [-0.05, 0) is 49.7 Å². The third-order valence-corrected chi connectivity index (χ3v) is 6.60. The molecule has 3 amide bonds. The van der Waals surface area contributed by atoms with E-state index in [-0.39, 0.29) is 17.8 Å². The van der Waals surface area contributed by atoms with E-state index in [1.165, 1.54) is 0 Å². The third-order valence-electron chi connectivity index (χ3n) is 6.60. The topological polar surface area (TPSA) is 194 Å². The average molecular weight is 503 g/mol. The first kappa shape index (κ1) is 28.6. The fraction of sp³-hybridized carbons (Fsp3) is 0.560. The standard InChI is InChI=1S/C23H34N6O3.C2H4O2/c24-20(30)19-13-16-9-4-5-10-17(16)14-29(19)22(32)18(11-6-12-27-23(25)26)28-21(31)15-7-2-1-3-8-15;1-2(3)4/h1-3,7-8,16-19H,4-6,9-14H2,(H2,24,30)(H,28,31)(H4,25,26,27);1H3,(H,3,4). The van der Waals surface area contributed by atoms with Gasteiger partial charge in [-0.1, -0.05) is 37.5 Å². The molecule has 2 aliphatic rings. The van der Waals surface area contributed by atoms with Crippen molar-refractivity contribution in [2.24, 2.45) is 34.0 Å². The first-order chi connectivity index (χ1) is 17.1. The van der Waals surface area contributed by atoms with Crippen LogP contribution in [0.25, 0.3) is 0 Å². The number of benzene rings is 1. The molecule has 2 fully saturated rings. The number of nitrogens with two attached hydrogens (primary N) is 3. The second-order valence-electron chi connectivity index (χ2n) is 9.31. The monoisotopic (exact) mass is 502 g/mol. The molecule has 1 saturated carbocycles. The van der Waals surface area contributed by atoms with Gasteiger partial charge in [0.15, 0.2) is 5.96 Å². The predicted molar refractivity (Wildman–Crippen MR) is 136 cm³/mol. The summed E-state index contributed by atoms with van der Waals surface area (Å²) < 4.78 is 0. The van der Waals surface area contributed by atoms with Crippen LogP contribution < -0.4 is 22.5 Å². The van der Waals surface area contributed by atoms with Gasteiger partial charge in [-0.2, -0.15) is 0 Å². The first-order valence-corrected chi connectivity index (χ1v) is 12.3. The molecule has 3 rings (SSSR count). The van der Waals surface area contributed by atoms with Gasteiger partial charge >= 0.3 is 0 Å². The molecule has 8 N–H and O–H groups in total. The number of aliphatic imine (C=N–C) groups is 1. The van der Waals surface area contributed by atoms with Crippen LogP contribution in [-0.2, 0) is 14.4 Å². The number of hydrogen-bond acceptors (Lipinski definition) is 5. The number of nitrogens with zero attached hydrogens (tertiary/aromatic N) is 2. The van der Waals surface area contributed by atoms with Crippen LogP contribution in [-0.4, -0.2) is 64.8 Å². The quantitative estimate of drug-likeness (QED) is 0.197. The third kappa shape index (κ3) is 8.86. The van der Waals surface area contributed by atoms with Gasteiger partial charge in [0.05, 0.1) is 0 Å². The lowest BCUT2D eigenvalue weighted by Gasteiger charge is -2.46. The van der Waals surface area contributed by atoms with Gasteiger partial charge in [0.1, 0.15) is 12.1 Å². The number of likely N-dealkylation sites (tertiary alicyclic amines) is 1. The van der Waals surface area contributed by atoms with Crippen LogP contribution in [0.4, 0.5) is 0 Å². The molecule has 1 heterocycles. The molecule has 36 heavy (non-hydrogen) atoms. The van der Waals surface area contributed by atoms with Crippen molar-refractivity contribution in [3.8, 4) is 0 Å². The Balaban J connectivity index is 0.00000106. The number of nitrogens with one attached hydrogen (secondary N) is 1. The molecule has 0 radical (unpaired) electrons. The van der Waals surface area contributed by atoms with Gasteiger partial charge in [0.2, 0.25) is 11.8 Å². The number of carbonyl (C=O) groups excluding carboxylic acids is 3. The van der Waals surface area contributed by atoms with Gasteiger partial charge in [0.25, 0.3) is 11.9 Å². The fourth-order valence-electron chi connectivity index (χ4n) is 4.93. The number of amides is 3. The zero-order valence-electron chi connectivity index (χ0n) is 20.8. The zero-order valence-corrected chi connectivity index (χ0v) is 20.8. The molecule has 4 atom stereocenters. The number of hydrogen-bond donors (Lipinski definition) is 5. The predicted octanol–water partition coefficient (Wildman–Crippen LogP) is 0.822. The lowest BCUT2D eigenvalue weighted by Crippen LogP contribution is -2.60. The number of carbonyl (C=O) groups is 4. The van der Waals surface area contributed by atoms with Crippen LogP contribution in [0.1, 0.15) is 62.2 Å². The van der Waals surface area contributed by atoms with Crippen LogP contribution >= 0.6 is 0 Å². The van der Waals surface area contributed by atoms with Crippen LogP contribution in [0, 0.1) is 11.8 Å². The molecule has 0 aromatic heterocycles. The maximum Gasteiger partial charge on any atom is 0.300 e. The lowest BCUT2D eigenvalue weighted by atomic mass is 9.72. The molecule has 198 valence electrons. The Morgan fingerprint density at radius 2 is 1.69 bits per heavy atom. The van der Waals surface area contributed by atoms with E-state index in [9.17, 15) is 14.4 Å². The summed E-state index contributed by atoms with van der Waals surface area (Å²) in [5, 5.41) is 10.3. The molecule has 11 heteroatoms. The van der Waals surface area contributed by atoms with Crippen LogP contribution in [0.15, 0.2) is 35.3 Å². The SMILES string of the molecule is CC(=O)O.NC(=O)C1CC2CCCCC2CN1C(=O)C(CCCN=C(N)N)NC(=O)c1ccccc1. The smallest absolute Gasteiger partial charge is 0.300 e. The Labute approximate surface area is 211 Å². The summed E-state index contributed by atoms with van der Waals surface area (Å²) in [7, 11) is 0. The average Bonchev–Trinajstić information content (AvgIpc) is 2.84. The van der Waals surface area contributed by atoms with E-state index in [1.54, 1.807) is 29.2 Å². The summed E-state index contributed by atoms with van der Waals surface area (Å²) >= 11 is 0. The second-order valence-corrected chi connectivity index (χ2v) is 9.31. The van der Waals surface area contributed by atoms with Crippen molar-refractivity contribution in [3.63, 3.8) is 0 Å². The molecular formula is C25H38N6O5. The van der Waals surface area contributed by atoms with Crippen LogP contribution in [0.2, 0.25) is 0 Å². The molecule has 1 aliphatic carbocycles. The van der Waals surface area contributed by atoms with Gasteiger partial charge < -0.3 is 32.5 Å². The summed E-state index contributed by atoms with van der Waals surface area (Å²) in [4.78, 5) is 53.2. The second kappa shape index (κ2) is 14.1. The Bertz CT molecular complexity index is 930. The number of carboxylic acid groups (broad SMARTS) is 1. The van der Waals surface area contributed by atoms with Crippen molar-refractivity contribution in [1.29, 1.82) is 0 Å². The van der Waals surface area contributed by atoms with Gasteiger partial charge in [-0.3, -0.25) is 24.2 Å². The Morgan fingerprint density at radius 3 is 2.28 bits per heavy atom. The number of rotatable bonds is 8. The van der Waals surface area contributed by atoms with Crippen molar-refractivity contribution < 1.29 is 24.3 Å². The van der Waals surface area contributed by atoms with Crippen molar-refractivity contribution in [3.05, 3.63) is 35.9 Å². The molecule has 0 spiro atoms. The molecule has 11 nitrogen and oxygen atoms in total. The molecule has 1 aromatic rings. The summed E-state index contributed by atoms with van der Waals surface area (Å²) in [6.07, 6.45) is 5.86. The minimum absolute atomic E-state index is 0.0191. The molecule has 1 aromatic carbocycles. The van der Waals surface area contributed by atoms with E-state index in [0.717, 1.165) is 32.6 Å². The summed E-state index contributed by atoms with van der Waals surface area (Å²) in [6.45, 7) is 1.93.